The van der Waals surface area contributed by atoms with Gasteiger partial charge in [0.2, 0.25) is 17.6 Å². The predicted octanol–water partition coefficient (Wildman–Crippen LogP) is 3.03. The highest BCUT2D eigenvalue weighted by molar-refractivity contribution is 6.38. The van der Waals surface area contributed by atoms with E-state index in [9.17, 15) is 24.0 Å². The number of allylic oxidation sites excluding steroid dienone is 4. The number of carbonyl (C=O) groups is 5. The van der Waals surface area contributed by atoms with Crippen molar-refractivity contribution in [3.63, 3.8) is 0 Å². The second kappa shape index (κ2) is 13.3. The number of hydrogen-bond donors (Lipinski definition) is 4. The first-order valence-electron chi connectivity index (χ1n) is 15.5. The first-order chi connectivity index (χ1) is 21.9. The molecule has 10 nitrogen and oxygen atoms in total. The number of H-pyrrole nitrogens is 1. The molecular formula is C35H37N5O5. The summed E-state index contributed by atoms with van der Waals surface area (Å²) in [5.74, 6) is -3.00. The van der Waals surface area contributed by atoms with Crippen LogP contribution in [0.2, 0.25) is 0 Å². The van der Waals surface area contributed by atoms with E-state index in [1.807, 2.05) is 66.7 Å². The fourth-order valence-corrected chi connectivity index (χ4v) is 6.62. The molecule has 2 aliphatic heterocycles. The van der Waals surface area contributed by atoms with Crippen molar-refractivity contribution in [3.8, 4) is 0 Å². The van der Waals surface area contributed by atoms with Gasteiger partial charge < -0.3 is 25.8 Å². The molecule has 1 aliphatic carbocycles. The Morgan fingerprint density at radius 2 is 1.80 bits per heavy atom. The molecule has 0 bridgehead atoms. The quantitative estimate of drug-likeness (QED) is 0.262. The highest BCUT2D eigenvalue weighted by atomic mass is 16.2. The van der Waals surface area contributed by atoms with Gasteiger partial charge in [-0.05, 0) is 55.2 Å². The second-order valence-electron chi connectivity index (χ2n) is 12.1. The van der Waals surface area contributed by atoms with E-state index in [4.69, 9.17) is 0 Å². The van der Waals surface area contributed by atoms with Gasteiger partial charge in [-0.2, -0.15) is 0 Å². The van der Waals surface area contributed by atoms with Gasteiger partial charge in [-0.15, -0.1) is 0 Å². The molecule has 0 spiro atoms. The van der Waals surface area contributed by atoms with Crippen LogP contribution in [0.25, 0.3) is 10.9 Å². The van der Waals surface area contributed by atoms with Crippen LogP contribution in [0.5, 0.6) is 0 Å². The highest BCUT2D eigenvalue weighted by Gasteiger charge is 2.44. The van der Waals surface area contributed by atoms with Gasteiger partial charge in [-0.3, -0.25) is 24.0 Å². The summed E-state index contributed by atoms with van der Waals surface area (Å²) < 4.78 is 0. The normalized spacial score (nSPS) is 23.1. The van der Waals surface area contributed by atoms with Crippen LogP contribution in [0.4, 0.5) is 0 Å². The zero-order valence-electron chi connectivity index (χ0n) is 24.9. The minimum atomic E-state index is -1.22. The fourth-order valence-electron chi connectivity index (χ4n) is 6.62. The van der Waals surface area contributed by atoms with Crippen LogP contribution >= 0.6 is 0 Å². The van der Waals surface area contributed by atoms with Crippen molar-refractivity contribution in [1.82, 2.24) is 25.8 Å². The third kappa shape index (κ3) is 6.74. The maximum atomic E-state index is 14.0. The number of carbonyl (C=O) groups excluding carboxylic acids is 5. The standard InChI is InChI=1S/C35H37N5O5/c41-31(34(44)37-20-22-9-3-1-4-10-22)28(18-25-15-16-36-32(25)42)39-33(43)30-19-26(23-11-5-2-6-12-23)21-40(30)35(45)29-17-24-13-7-8-14-27(24)38-29/h1-11,13-14,17,23,25-26,28,30,38H,12,15-16,18-21H2,(H,36,42)(H,37,44)(H,39,43)/t23?,25-,26+,28?,30-/m0/s1. The average molecular weight is 608 g/mol. The highest BCUT2D eigenvalue weighted by Crippen LogP contribution is 2.35. The molecule has 4 N–H and O–H groups in total. The minimum Gasteiger partial charge on any atom is -0.356 e. The molecule has 5 atom stereocenters. The summed E-state index contributed by atoms with van der Waals surface area (Å²) in [6.45, 7) is 0.992. The first kappa shape index (κ1) is 30.1. The zero-order valence-corrected chi connectivity index (χ0v) is 24.9. The largest absolute Gasteiger partial charge is 0.356 e. The lowest BCUT2D eigenvalue weighted by molar-refractivity contribution is -0.141. The molecule has 232 valence electrons. The Hall–Kier alpha value is -4.99. The molecule has 3 aromatic rings. The van der Waals surface area contributed by atoms with E-state index >= 15 is 0 Å². The van der Waals surface area contributed by atoms with Crippen LogP contribution in [0, 0.1) is 17.8 Å². The number of likely N-dealkylation sites (tertiary alicyclic amines) is 1. The molecule has 1 aromatic heterocycles. The topological polar surface area (TPSA) is 140 Å². The third-order valence-electron chi connectivity index (χ3n) is 9.11. The number of nitrogens with zero attached hydrogens (tertiary/aromatic N) is 1. The van der Waals surface area contributed by atoms with Crippen molar-refractivity contribution < 1.29 is 24.0 Å². The van der Waals surface area contributed by atoms with E-state index in [0.717, 1.165) is 22.9 Å². The molecule has 45 heavy (non-hydrogen) atoms. The molecule has 0 radical (unpaired) electrons. The van der Waals surface area contributed by atoms with Crippen LogP contribution in [0.1, 0.15) is 41.7 Å². The van der Waals surface area contributed by atoms with Crippen LogP contribution in [-0.4, -0.2) is 64.5 Å². The molecule has 10 heteroatoms. The Morgan fingerprint density at radius 3 is 2.53 bits per heavy atom. The first-order valence-corrected chi connectivity index (χ1v) is 15.5. The molecule has 6 rings (SSSR count). The molecule has 2 fully saturated rings. The number of amides is 4. The van der Waals surface area contributed by atoms with Crippen LogP contribution < -0.4 is 16.0 Å². The summed E-state index contributed by atoms with van der Waals surface area (Å²) in [5, 5.41) is 9.10. The SMILES string of the molecule is O=C(NCc1ccccc1)C(=O)C(C[C@@H]1CCNC1=O)NC(=O)[C@@H]1C[C@@H](C2C=CC=CC2)CN1C(=O)c1cc2ccccc2[nH]1. The second-order valence-corrected chi connectivity index (χ2v) is 12.1. The van der Waals surface area contributed by atoms with E-state index in [0.29, 0.717) is 31.6 Å². The maximum Gasteiger partial charge on any atom is 0.289 e. The number of fused-ring (bicyclic) bond motifs is 1. The smallest absolute Gasteiger partial charge is 0.289 e. The number of hydrogen-bond acceptors (Lipinski definition) is 5. The van der Waals surface area contributed by atoms with Gasteiger partial charge in [0.25, 0.3) is 11.8 Å². The van der Waals surface area contributed by atoms with E-state index in [2.05, 4.69) is 33.1 Å². The Morgan fingerprint density at radius 1 is 1.00 bits per heavy atom. The van der Waals surface area contributed by atoms with Crippen LogP contribution in [0.3, 0.4) is 0 Å². The monoisotopic (exact) mass is 607 g/mol. The van der Waals surface area contributed by atoms with Crippen molar-refractivity contribution in [3.05, 3.63) is 96.2 Å². The van der Waals surface area contributed by atoms with Crippen LogP contribution in [0.15, 0.2) is 85.0 Å². The number of Topliss-reactive ketones (excluding diaryl/α,β-unsaturated/α-hetero) is 1. The summed E-state index contributed by atoms with van der Waals surface area (Å²) in [5.41, 5.74) is 2.02. The van der Waals surface area contributed by atoms with Crippen molar-refractivity contribution in [2.75, 3.05) is 13.1 Å². The molecule has 4 amide bonds. The van der Waals surface area contributed by atoms with E-state index in [1.54, 1.807) is 11.0 Å². The summed E-state index contributed by atoms with van der Waals surface area (Å²) in [4.78, 5) is 71.7. The van der Waals surface area contributed by atoms with Gasteiger partial charge in [0.1, 0.15) is 11.7 Å². The lowest BCUT2D eigenvalue weighted by Gasteiger charge is -2.26. The Kier molecular flexibility index (Phi) is 8.91. The zero-order chi connectivity index (χ0) is 31.3. The number of aromatic amines is 1. The Balaban J connectivity index is 1.22. The number of nitrogens with one attached hydrogen (secondary N) is 4. The van der Waals surface area contributed by atoms with E-state index < -0.39 is 35.6 Å². The van der Waals surface area contributed by atoms with Gasteiger partial charge in [-0.1, -0.05) is 72.8 Å². The Labute approximate surface area is 261 Å². The van der Waals surface area contributed by atoms with Crippen molar-refractivity contribution in [2.45, 2.75) is 44.3 Å². The fraction of sp³-hybridized carbons (Fsp3) is 0.343. The predicted molar refractivity (Wildman–Crippen MR) is 169 cm³/mol. The third-order valence-corrected chi connectivity index (χ3v) is 9.11. The van der Waals surface area contributed by atoms with Crippen molar-refractivity contribution in [1.29, 1.82) is 0 Å². The molecule has 2 aromatic carbocycles. The summed E-state index contributed by atoms with van der Waals surface area (Å²) in [6.07, 6.45) is 9.88. The van der Waals surface area contributed by atoms with Gasteiger partial charge >= 0.3 is 0 Å². The van der Waals surface area contributed by atoms with E-state index in [1.165, 1.54) is 0 Å². The number of ketones is 1. The van der Waals surface area contributed by atoms with Crippen LogP contribution in [-0.2, 0) is 25.7 Å². The summed E-state index contributed by atoms with van der Waals surface area (Å²) in [7, 11) is 0. The number of rotatable bonds is 10. The molecular weight excluding hydrogens is 570 g/mol. The average Bonchev–Trinajstić information content (AvgIpc) is 3.82. The molecule has 0 saturated carbocycles. The summed E-state index contributed by atoms with van der Waals surface area (Å²) in [6, 6.07) is 16.5. The molecule has 2 unspecified atom stereocenters. The lowest BCUT2D eigenvalue weighted by Crippen LogP contribution is -2.54. The molecule has 3 heterocycles. The lowest BCUT2D eigenvalue weighted by atomic mass is 9.85. The summed E-state index contributed by atoms with van der Waals surface area (Å²) >= 11 is 0. The molecule has 2 saturated heterocycles. The van der Waals surface area contributed by atoms with Gasteiger partial charge in [-0.25, -0.2) is 0 Å². The molecule has 3 aliphatic rings. The number of benzene rings is 2. The van der Waals surface area contributed by atoms with Crippen molar-refractivity contribution >= 4 is 40.3 Å². The van der Waals surface area contributed by atoms with Gasteiger partial charge in [0, 0.05) is 36.5 Å². The Bertz CT molecular complexity index is 1630. The van der Waals surface area contributed by atoms with E-state index in [-0.39, 0.29) is 36.6 Å². The maximum absolute atomic E-state index is 14.0. The minimum absolute atomic E-state index is 0.00255. The van der Waals surface area contributed by atoms with Gasteiger partial charge in [0.05, 0.1) is 6.04 Å². The number of aromatic nitrogens is 1. The van der Waals surface area contributed by atoms with Gasteiger partial charge in [0.15, 0.2) is 0 Å². The van der Waals surface area contributed by atoms with Crippen molar-refractivity contribution in [2.24, 2.45) is 17.8 Å². The number of para-hydroxylation sites is 1.